The molecule has 0 radical (unpaired) electrons. The van der Waals surface area contributed by atoms with Gasteiger partial charge >= 0.3 is 7.32 Å². The third-order valence-corrected chi connectivity index (χ3v) is 7.54. The van der Waals surface area contributed by atoms with Gasteiger partial charge in [0.25, 0.3) is 0 Å². The summed E-state index contributed by atoms with van der Waals surface area (Å²) >= 11 is 0. The summed E-state index contributed by atoms with van der Waals surface area (Å²) < 4.78 is 47.8. The quantitative estimate of drug-likeness (QED) is 0.0806. The fourth-order valence-electron chi connectivity index (χ4n) is 4.70. The van der Waals surface area contributed by atoms with E-state index in [0.29, 0.717) is 12.2 Å². The molecule has 0 aliphatic heterocycles. The topological polar surface area (TPSA) is 27.7 Å². The van der Waals surface area contributed by atoms with Crippen LogP contribution in [-0.4, -0.2) is 38.0 Å². The molecule has 1 unspecified atom stereocenters. The van der Waals surface area contributed by atoms with E-state index in [-0.39, 0.29) is 17.5 Å². The Morgan fingerprint density at radius 1 is 0.769 bits per heavy atom. The molecule has 1 atom stereocenters. The zero-order valence-corrected chi connectivity index (χ0v) is 25.3. The van der Waals surface area contributed by atoms with Crippen molar-refractivity contribution in [2.75, 3.05) is 26.2 Å². The highest BCUT2D eigenvalue weighted by molar-refractivity contribution is 6.38. The standard InChI is InChI=1S/C26H39BF2NO3.C6H13/c1-6-10-11-14-20-31-27(32-24-18-13-12-17-23(24)28)33-25-19-15-16-22(26(25)29)21(5)30(7-2,8-3)9-4;1-3-5-6-4-2/h12-13,15-19,21H,6-11,14,20H2,1-5H3;1,3-6H2,2H3/q+1;-1. The van der Waals surface area contributed by atoms with Gasteiger partial charge in [0.05, 0.1) is 19.6 Å². The lowest BCUT2D eigenvalue weighted by Gasteiger charge is -2.41. The molecule has 2 aromatic carbocycles. The second-order valence-electron chi connectivity index (χ2n) is 9.95. The third kappa shape index (κ3) is 11.5. The molecule has 2 aromatic rings. The van der Waals surface area contributed by atoms with Crippen molar-refractivity contribution in [3.63, 3.8) is 0 Å². The predicted octanol–water partition coefficient (Wildman–Crippen LogP) is 9.34. The summed E-state index contributed by atoms with van der Waals surface area (Å²) in [5.74, 6) is -0.922. The fourth-order valence-corrected chi connectivity index (χ4v) is 4.70. The first kappa shape index (κ1) is 34.9. The monoisotopic (exact) mass is 547 g/mol. The van der Waals surface area contributed by atoms with Crippen molar-refractivity contribution in [3.05, 3.63) is 66.6 Å². The van der Waals surface area contributed by atoms with Gasteiger partial charge in [-0.15, -0.1) is 0 Å². The number of para-hydroxylation sites is 1. The van der Waals surface area contributed by atoms with Gasteiger partial charge in [0, 0.05) is 12.2 Å². The van der Waals surface area contributed by atoms with Crippen LogP contribution >= 0.6 is 0 Å². The molecular weight excluding hydrogens is 495 g/mol. The number of benzene rings is 2. The Kier molecular flexibility index (Phi) is 17.8. The molecule has 0 N–H and O–H groups in total. The number of unbranched alkanes of at least 4 members (excludes halogenated alkanes) is 6. The molecule has 39 heavy (non-hydrogen) atoms. The summed E-state index contributed by atoms with van der Waals surface area (Å²) in [5, 5.41) is 0. The Labute approximate surface area is 237 Å². The number of rotatable bonds is 18. The van der Waals surface area contributed by atoms with Crippen LogP contribution in [0.25, 0.3) is 0 Å². The summed E-state index contributed by atoms with van der Waals surface area (Å²) in [6.07, 6.45) is 9.11. The average molecular weight is 548 g/mol. The largest absolute Gasteiger partial charge is 0.788 e. The normalized spacial score (nSPS) is 11.9. The van der Waals surface area contributed by atoms with Crippen molar-refractivity contribution in [2.45, 2.75) is 99.0 Å². The zero-order valence-electron chi connectivity index (χ0n) is 25.3. The highest BCUT2D eigenvalue weighted by Gasteiger charge is 2.34. The van der Waals surface area contributed by atoms with Crippen molar-refractivity contribution < 1.29 is 27.2 Å². The molecule has 0 spiro atoms. The van der Waals surface area contributed by atoms with E-state index in [2.05, 4.69) is 48.5 Å². The maximum atomic E-state index is 15.6. The van der Waals surface area contributed by atoms with Gasteiger partial charge in [0.2, 0.25) is 0 Å². The van der Waals surface area contributed by atoms with Gasteiger partial charge in [-0.05, 0) is 58.4 Å². The Hall–Kier alpha value is -2.12. The van der Waals surface area contributed by atoms with E-state index in [4.69, 9.17) is 14.0 Å². The van der Waals surface area contributed by atoms with E-state index in [1.807, 2.05) is 0 Å². The maximum Gasteiger partial charge on any atom is 0.788 e. The lowest BCUT2D eigenvalue weighted by molar-refractivity contribution is -0.950. The summed E-state index contributed by atoms with van der Waals surface area (Å²) in [5.41, 5.74) is 0.589. The van der Waals surface area contributed by atoms with Crippen molar-refractivity contribution in [3.8, 4) is 11.5 Å². The lowest BCUT2D eigenvalue weighted by Crippen LogP contribution is -2.49. The molecule has 0 fully saturated rings. The minimum absolute atomic E-state index is 0.000350. The van der Waals surface area contributed by atoms with Gasteiger partial charge in [0.15, 0.2) is 11.6 Å². The smallest absolute Gasteiger partial charge is 0.498 e. The fraction of sp³-hybridized carbons (Fsp3) is 0.594. The molecule has 0 saturated heterocycles. The number of hydrogen-bond donors (Lipinski definition) is 0. The Morgan fingerprint density at radius 2 is 1.36 bits per heavy atom. The summed E-state index contributed by atoms with van der Waals surface area (Å²) in [6, 6.07) is 11.1. The van der Waals surface area contributed by atoms with E-state index < -0.39 is 19.0 Å². The van der Waals surface area contributed by atoms with Crippen LogP contribution in [0.2, 0.25) is 0 Å². The van der Waals surface area contributed by atoms with Gasteiger partial charge in [-0.1, -0.05) is 70.6 Å². The Morgan fingerprint density at radius 3 is 1.92 bits per heavy atom. The molecule has 220 valence electrons. The molecule has 4 nitrogen and oxygen atoms in total. The summed E-state index contributed by atoms with van der Waals surface area (Å²) in [7, 11) is -1.26. The highest BCUT2D eigenvalue weighted by atomic mass is 19.1. The second kappa shape index (κ2) is 19.9. The molecule has 0 heterocycles. The summed E-state index contributed by atoms with van der Waals surface area (Å²) in [4.78, 5) is 0. The van der Waals surface area contributed by atoms with Gasteiger partial charge in [-0.25, -0.2) is 8.78 Å². The van der Waals surface area contributed by atoms with Crippen LogP contribution in [0.1, 0.15) is 105 Å². The molecule has 0 saturated carbocycles. The second-order valence-corrected chi connectivity index (χ2v) is 9.95. The molecule has 7 heteroatoms. The molecular formula is C32H52BF2NO3. The van der Waals surface area contributed by atoms with Gasteiger partial charge < -0.3 is 25.4 Å². The molecule has 2 rings (SSSR count). The van der Waals surface area contributed by atoms with Crippen molar-refractivity contribution in [1.82, 2.24) is 0 Å². The molecule has 0 bridgehead atoms. The van der Waals surface area contributed by atoms with E-state index in [1.54, 1.807) is 30.3 Å². The first-order valence-electron chi connectivity index (χ1n) is 15.0. The third-order valence-electron chi connectivity index (χ3n) is 7.54. The molecule has 0 aliphatic rings. The van der Waals surface area contributed by atoms with Crippen molar-refractivity contribution >= 4 is 7.32 Å². The molecule has 0 aromatic heterocycles. The minimum Gasteiger partial charge on any atom is -0.498 e. The van der Waals surface area contributed by atoms with Crippen LogP contribution in [0.5, 0.6) is 11.5 Å². The van der Waals surface area contributed by atoms with E-state index >= 15 is 4.39 Å². The Bertz CT molecular complexity index is 898. The number of quaternary nitrogens is 1. The lowest BCUT2D eigenvalue weighted by atomic mass is 10.0. The first-order valence-corrected chi connectivity index (χ1v) is 15.0. The van der Waals surface area contributed by atoms with Crippen LogP contribution in [0.15, 0.2) is 42.5 Å². The van der Waals surface area contributed by atoms with E-state index in [9.17, 15) is 4.39 Å². The van der Waals surface area contributed by atoms with Crippen molar-refractivity contribution in [1.29, 1.82) is 0 Å². The van der Waals surface area contributed by atoms with E-state index in [1.165, 1.54) is 31.4 Å². The zero-order chi connectivity index (χ0) is 29.1. The number of halogens is 2. The van der Waals surface area contributed by atoms with Crippen molar-refractivity contribution in [2.24, 2.45) is 0 Å². The first-order chi connectivity index (χ1) is 18.8. The average Bonchev–Trinajstić information content (AvgIpc) is 2.95. The number of nitrogens with zero attached hydrogens (tertiary/aromatic N) is 1. The van der Waals surface area contributed by atoms with Crippen LogP contribution in [0.4, 0.5) is 8.78 Å². The highest BCUT2D eigenvalue weighted by Crippen LogP contribution is 2.33. The molecule has 0 aliphatic carbocycles. The minimum atomic E-state index is -1.26. The summed E-state index contributed by atoms with van der Waals surface area (Å²) in [6.45, 7) is 19.6. The SMILES string of the molecule is CCCCCCOB(Oc1ccccc1F)Oc1cccc(C(C)[N+](CC)(CC)CC)c1F.[CH2-]CCCCC. The maximum absolute atomic E-state index is 15.6. The van der Waals surface area contributed by atoms with Crippen LogP contribution in [0, 0.1) is 18.6 Å². The number of hydrogen-bond acceptors (Lipinski definition) is 3. The predicted molar refractivity (Wildman–Crippen MR) is 160 cm³/mol. The van der Waals surface area contributed by atoms with Gasteiger partial charge in [0.1, 0.15) is 17.5 Å². The molecule has 0 amide bonds. The van der Waals surface area contributed by atoms with Crippen LogP contribution < -0.4 is 9.31 Å². The van der Waals surface area contributed by atoms with Gasteiger partial charge in [-0.3, -0.25) is 0 Å². The van der Waals surface area contributed by atoms with E-state index in [0.717, 1.165) is 56.2 Å². The van der Waals surface area contributed by atoms with Crippen LogP contribution in [0.3, 0.4) is 0 Å². The van der Waals surface area contributed by atoms with Gasteiger partial charge in [-0.2, -0.15) is 6.42 Å². The Balaban J connectivity index is 0.00000113. The van der Waals surface area contributed by atoms with Crippen LogP contribution in [-0.2, 0) is 4.65 Å².